The number of carbonyl (C=O) groups excluding carboxylic acids is 2. The number of nitrogens with zero attached hydrogens (tertiary/aromatic N) is 2. The van der Waals surface area contributed by atoms with Crippen LogP contribution in [0.15, 0.2) is 0 Å². The summed E-state index contributed by atoms with van der Waals surface area (Å²) < 4.78 is 0. The van der Waals surface area contributed by atoms with E-state index in [2.05, 4.69) is 0 Å². The fourth-order valence-electron chi connectivity index (χ4n) is 2.33. The molecule has 2 heterocycles. The highest BCUT2D eigenvalue weighted by Gasteiger charge is 2.54. The maximum Gasteiger partial charge on any atom is 0.242 e. The molecule has 1 atom stereocenters. The van der Waals surface area contributed by atoms with Crippen molar-refractivity contribution >= 4 is 23.6 Å². The Morgan fingerprint density at radius 3 is 2.71 bits per heavy atom. The lowest BCUT2D eigenvalue weighted by Gasteiger charge is -2.51. The van der Waals surface area contributed by atoms with E-state index in [0.717, 1.165) is 12.3 Å². The number of hydrogen-bond donors (Lipinski definition) is 2. The van der Waals surface area contributed by atoms with Gasteiger partial charge in [0.25, 0.3) is 0 Å². The average Bonchev–Trinajstić information content (AvgIpc) is 2.69. The minimum Gasteiger partial charge on any atom is -0.394 e. The summed E-state index contributed by atoms with van der Waals surface area (Å²) in [6.07, 6.45) is 0. The Kier molecular flexibility index (Phi) is 3.33. The van der Waals surface area contributed by atoms with Crippen LogP contribution in [0.3, 0.4) is 0 Å². The van der Waals surface area contributed by atoms with Gasteiger partial charge < -0.3 is 20.6 Å². The molecule has 3 N–H and O–H groups in total. The van der Waals surface area contributed by atoms with Crippen LogP contribution in [0.1, 0.15) is 6.92 Å². The van der Waals surface area contributed by atoms with Gasteiger partial charge in [-0.1, -0.05) is 0 Å². The lowest BCUT2D eigenvalue weighted by Crippen LogP contribution is -2.70. The third-order valence-corrected chi connectivity index (χ3v) is 4.66. The first kappa shape index (κ1) is 12.7. The van der Waals surface area contributed by atoms with Crippen molar-refractivity contribution in [3.8, 4) is 0 Å². The van der Waals surface area contributed by atoms with E-state index in [9.17, 15) is 9.59 Å². The molecule has 2 amide bonds. The highest BCUT2D eigenvalue weighted by atomic mass is 32.2. The van der Waals surface area contributed by atoms with Gasteiger partial charge in [0.1, 0.15) is 10.9 Å². The number of thioether (sulfide) groups is 1. The molecule has 0 aromatic rings. The third-order valence-electron chi connectivity index (χ3n) is 3.26. The third kappa shape index (κ3) is 2.02. The molecular formula is C10H17N3O3S. The van der Waals surface area contributed by atoms with E-state index in [1.54, 1.807) is 23.6 Å². The molecule has 0 bridgehead atoms. The van der Waals surface area contributed by atoms with Crippen LogP contribution in [0.4, 0.5) is 0 Å². The highest BCUT2D eigenvalue weighted by molar-refractivity contribution is 8.01. The smallest absolute Gasteiger partial charge is 0.242 e. The van der Waals surface area contributed by atoms with Gasteiger partial charge in [0, 0.05) is 19.2 Å². The molecule has 2 aliphatic heterocycles. The Labute approximate surface area is 104 Å². The van der Waals surface area contributed by atoms with Crippen molar-refractivity contribution in [3.05, 3.63) is 0 Å². The number of aliphatic hydroxyl groups is 1. The molecule has 1 spiro atoms. The van der Waals surface area contributed by atoms with Crippen LogP contribution in [-0.2, 0) is 9.59 Å². The fraction of sp³-hybridized carbons (Fsp3) is 0.800. The Bertz CT molecular complexity index is 344. The minimum atomic E-state index is -0.843. The monoisotopic (exact) mass is 259 g/mol. The quantitative estimate of drug-likeness (QED) is 0.626. The molecule has 96 valence electrons. The Morgan fingerprint density at radius 1 is 1.53 bits per heavy atom. The predicted molar refractivity (Wildman–Crippen MR) is 64.2 cm³/mol. The van der Waals surface area contributed by atoms with Crippen molar-refractivity contribution in [2.45, 2.75) is 17.8 Å². The zero-order chi connectivity index (χ0) is 12.6. The summed E-state index contributed by atoms with van der Waals surface area (Å²) in [6, 6.07) is -0.843. The van der Waals surface area contributed by atoms with Gasteiger partial charge in [-0.25, -0.2) is 0 Å². The van der Waals surface area contributed by atoms with Gasteiger partial charge in [0.05, 0.1) is 19.7 Å². The molecule has 0 aliphatic carbocycles. The normalized spacial score (nSPS) is 23.7. The van der Waals surface area contributed by atoms with Gasteiger partial charge in [0.15, 0.2) is 0 Å². The number of hydrogen-bond acceptors (Lipinski definition) is 5. The molecule has 0 unspecified atom stereocenters. The Morgan fingerprint density at radius 2 is 2.18 bits per heavy atom. The van der Waals surface area contributed by atoms with Crippen LogP contribution in [0.5, 0.6) is 0 Å². The zero-order valence-electron chi connectivity index (χ0n) is 9.76. The van der Waals surface area contributed by atoms with Crippen molar-refractivity contribution < 1.29 is 14.7 Å². The maximum absolute atomic E-state index is 11.7. The lowest BCUT2D eigenvalue weighted by molar-refractivity contribution is -0.148. The van der Waals surface area contributed by atoms with E-state index in [-0.39, 0.29) is 23.3 Å². The number of carbonyl (C=O) groups is 2. The molecule has 6 nitrogen and oxygen atoms in total. The summed E-state index contributed by atoms with van der Waals surface area (Å²) in [5.74, 6) is 0.718. The van der Waals surface area contributed by atoms with Crippen LogP contribution in [-0.4, -0.2) is 69.6 Å². The van der Waals surface area contributed by atoms with Gasteiger partial charge in [-0.3, -0.25) is 9.59 Å². The molecule has 0 radical (unpaired) electrons. The molecule has 2 fully saturated rings. The highest BCUT2D eigenvalue weighted by Crippen LogP contribution is 2.43. The van der Waals surface area contributed by atoms with Crippen LogP contribution in [0.25, 0.3) is 0 Å². The van der Waals surface area contributed by atoms with E-state index in [4.69, 9.17) is 10.8 Å². The molecule has 0 aromatic heterocycles. The SMILES string of the molecule is CC(=O)N1CCSC12CN(C(=O)[C@@H](N)CO)C2. The van der Waals surface area contributed by atoms with Gasteiger partial charge in [-0.2, -0.15) is 0 Å². The Hall–Kier alpha value is -0.790. The number of amides is 2. The Balaban J connectivity index is 1.97. The van der Waals surface area contributed by atoms with E-state index < -0.39 is 6.04 Å². The number of likely N-dealkylation sites (tertiary alicyclic amines) is 1. The first-order valence-electron chi connectivity index (χ1n) is 5.57. The minimum absolute atomic E-state index is 0.0496. The number of aliphatic hydroxyl groups excluding tert-OH is 1. The van der Waals surface area contributed by atoms with E-state index in [1.807, 2.05) is 4.90 Å². The summed E-state index contributed by atoms with van der Waals surface area (Å²) >= 11 is 1.72. The van der Waals surface area contributed by atoms with Gasteiger partial charge in [-0.15, -0.1) is 11.8 Å². The molecule has 2 rings (SSSR count). The largest absolute Gasteiger partial charge is 0.394 e. The van der Waals surface area contributed by atoms with Crippen LogP contribution < -0.4 is 5.73 Å². The molecule has 2 saturated heterocycles. The van der Waals surface area contributed by atoms with E-state index in [0.29, 0.717) is 13.1 Å². The molecule has 7 heteroatoms. The maximum atomic E-state index is 11.7. The summed E-state index contributed by atoms with van der Waals surface area (Å²) in [6.45, 7) is 2.99. The molecule has 0 saturated carbocycles. The predicted octanol–water partition coefficient (Wildman–Crippen LogP) is -1.56. The topological polar surface area (TPSA) is 86.9 Å². The van der Waals surface area contributed by atoms with Crippen molar-refractivity contribution in [1.29, 1.82) is 0 Å². The zero-order valence-corrected chi connectivity index (χ0v) is 10.6. The van der Waals surface area contributed by atoms with Gasteiger partial charge in [0.2, 0.25) is 11.8 Å². The fourth-order valence-corrected chi connectivity index (χ4v) is 3.86. The van der Waals surface area contributed by atoms with Crippen molar-refractivity contribution in [2.24, 2.45) is 5.73 Å². The number of nitrogens with two attached hydrogens (primary N) is 1. The molecule has 17 heavy (non-hydrogen) atoms. The average molecular weight is 259 g/mol. The second-order valence-electron chi connectivity index (χ2n) is 4.45. The lowest BCUT2D eigenvalue weighted by atomic mass is 10.0. The summed E-state index contributed by atoms with van der Waals surface area (Å²) in [5.41, 5.74) is 5.48. The molecule has 2 aliphatic rings. The van der Waals surface area contributed by atoms with Crippen LogP contribution in [0.2, 0.25) is 0 Å². The summed E-state index contributed by atoms with van der Waals surface area (Å²) in [5, 5.41) is 8.83. The summed E-state index contributed by atoms with van der Waals surface area (Å²) in [7, 11) is 0. The van der Waals surface area contributed by atoms with Crippen molar-refractivity contribution in [3.63, 3.8) is 0 Å². The van der Waals surface area contributed by atoms with E-state index >= 15 is 0 Å². The first-order valence-corrected chi connectivity index (χ1v) is 6.56. The van der Waals surface area contributed by atoms with Gasteiger partial charge in [-0.05, 0) is 0 Å². The van der Waals surface area contributed by atoms with Crippen molar-refractivity contribution in [2.75, 3.05) is 32.0 Å². The number of rotatable bonds is 2. The first-order chi connectivity index (χ1) is 8.00. The van der Waals surface area contributed by atoms with Crippen molar-refractivity contribution in [1.82, 2.24) is 9.80 Å². The second-order valence-corrected chi connectivity index (χ2v) is 5.91. The van der Waals surface area contributed by atoms with E-state index in [1.165, 1.54) is 0 Å². The molecule has 0 aromatic carbocycles. The van der Waals surface area contributed by atoms with Gasteiger partial charge >= 0.3 is 0 Å². The second kappa shape index (κ2) is 4.47. The van der Waals surface area contributed by atoms with Crippen LogP contribution >= 0.6 is 11.8 Å². The summed E-state index contributed by atoms with van der Waals surface area (Å²) in [4.78, 5) is 26.4. The van der Waals surface area contributed by atoms with Crippen LogP contribution in [0, 0.1) is 0 Å². The standard InChI is InChI=1S/C10H17N3O3S/c1-7(15)13-2-3-17-10(13)5-12(6-10)9(16)8(11)4-14/h8,14H,2-6,11H2,1H3/t8-/m0/s1. The molecular weight excluding hydrogens is 242 g/mol.